The number of nitrogens with one attached hydrogen (secondary N) is 1. The Morgan fingerprint density at radius 1 is 1.17 bits per heavy atom. The highest BCUT2D eigenvalue weighted by Gasteiger charge is 2.36. The van der Waals surface area contributed by atoms with Crippen LogP contribution >= 0.6 is 11.8 Å². The molecule has 0 spiro atoms. The monoisotopic (exact) mass is 329 g/mol. The molecule has 1 fully saturated rings. The van der Waals surface area contributed by atoms with E-state index in [0.717, 1.165) is 22.2 Å². The van der Waals surface area contributed by atoms with Crippen molar-refractivity contribution in [1.82, 2.24) is 19.8 Å². The maximum Gasteiger partial charge on any atom is 0.294 e. The number of rotatable bonds is 4. The van der Waals surface area contributed by atoms with Gasteiger partial charge in [-0.05, 0) is 23.4 Å². The lowest BCUT2D eigenvalue weighted by molar-refractivity contribution is -0.127. The quantitative estimate of drug-likeness (QED) is 0.843. The molecule has 0 aliphatic carbocycles. The van der Waals surface area contributed by atoms with Crippen LogP contribution in [0, 0.1) is 0 Å². The molecular formula is C14H11N5O3S. The second-order valence-corrected chi connectivity index (χ2v) is 5.58. The number of aromatic nitrogens is 3. The lowest BCUT2D eigenvalue weighted by Crippen LogP contribution is -2.38. The van der Waals surface area contributed by atoms with Gasteiger partial charge in [0.25, 0.3) is 17.1 Å². The van der Waals surface area contributed by atoms with E-state index in [1.165, 1.54) is 17.3 Å². The van der Waals surface area contributed by atoms with Crippen LogP contribution in [-0.2, 0) is 9.59 Å². The Morgan fingerprint density at radius 3 is 2.57 bits per heavy atom. The smallest absolute Gasteiger partial charge is 0.271 e. The number of hydrogen-bond donors (Lipinski definition) is 1. The molecular weight excluding hydrogens is 318 g/mol. The number of imide groups is 1. The van der Waals surface area contributed by atoms with Crippen molar-refractivity contribution in [1.29, 1.82) is 0 Å². The number of nitrogens with zero attached hydrogens (tertiary/aromatic N) is 4. The number of thioether (sulfide) groups is 1. The Kier molecular flexibility index (Phi) is 4.20. The maximum absolute atomic E-state index is 12.3. The van der Waals surface area contributed by atoms with Gasteiger partial charge < -0.3 is 0 Å². The third kappa shape index (κ3) is 3.46. The van der Waals surface area contributed by atoms with E-state index in [1.807, 2.05) is 30.3 Å². The van der Waals surface area contributed by atoms with Crippen molar-refractivity contribution in [2.45, 2.75) is 0 Å². The van der Waals surface area contributed by atoms with E-state index in [0.29, 0.717) is 4.91 Å². The first-order valence-electron chi connectivity index (χ1n) is 6.58. The summed E-state index contributed by atoms with van der Waals surface area (Å²) in [4.78, 5) is 37.3. The van der Waals surface area contributed by atoms with Crippen molar-refractivity contribution < 1.29 is 14.4 Å². The molecule has 2 heterocycles. The van der Waals surface area contributed by atoms with Gasteiger partial charge in [-0.2, -0.15) is 0 Å². The Bertz CT molecular complexity index is 773. The number of amides is 3. The number of benzene rings is 1. The van der Waals surface area contributed by atoms with Crippen molar-refractivity contribution in [3.05, 3.63) is 53.5 Å². The zero-order chi connectivity index (χ0) is 16.2. The van der Waals surface area contributed by atoms with Gasteiger partial charge in [0.05, 0.1) is 4.91 Å². The SMILES string of the molecule is O=C(CN1C(=O)SC(=Cc2ccccc2)C1=O)Nn1cnnc1. The predicted octanol–water partition coefficient (Wildman–Crippen LogP) is 1.08. The summed E-state index contributed by atoms with van der Waals surface area (Å²) < 4.78 is 1.24. The van der Waals surface area contributed by atoms with E-state index < -0.39 is 17.1 Å². The summed E-state index contributed by atoms with van der Waals surface area (Å²) in [5.41, 5.74) is 3.24. The molecule has 2 aromatic rings. The van der Waals surface area contributed by atoms with Crippen LogP contribution in [0.3, 0.4) is 0 Å². The van der Waals surface area contributed by atoms with Crippen LogP contribution in [0.5, 0.6) is 0 Å². The normalized spacial score (nSPS) is 16.2. The molecule has 0 radical (unpaired) electrons. The van der Waals surface area contributed by atoms with E-state index in [-0.39, 0.29) is 6.54 Å². The highest BCUT2D eigenvalue weighted by Crippen LogP contribution is 2.31. The van der Waals surface area contributed by atoms with E-state index in [4.69, 9.17) is 0 Å². The summed E-state index contributed by atoms with van der Waals surface area (Å²) in [6.45, 7) is -0.366. The molecule has 1 aliphatic rings. The standard InChI is InChI=1S/C14H11N5O3S/c20-12(17-18-8-15-16-9-18)7-19-13(21)11(23-14(19)22)6-10-4-2-1-3-5-10/h1-6,8-9H,7H2,(H,17,20). The van der Waals surface area contributed by atoms with Crippen molar-refractivity contribution in [2.75, 3.05) is 12.0 Å². The Balaban J connectivity index is 1.69. The predicted molar refractivity (Wildman–Crippen MR) is 83.5 cm³/mol. The highest BCUT2D eigenvalue weighted by molar-refractivity contribution is 8.18. The van der Waals surface area contributed by atoms with Gasteiger partial charge in [-0.1, -0.05) is 30.3 Å². The van der Waals surface area contributed by atoms with Crippen LogP contribution in [-0.4, -0.2) is 43.4 Å². The molecule has 9 heteroatoms. The molecule has 0 bridgehead atoms. The average Bonchev–Trinajstić information content (AvgIpc) is 3.13. The molecule has 0 saturated carbocycles. The molecule has 8 nitrogen and oxygen atoms in total. The topological polar surface area (TPSA) is 97.2 Å². The minimum absolute atomic E-state index is 0.290. The molecule has 1 N–H and O–H groups in total. The van der Waals surface area contributed by atoms with Gasteiger partial charge in [0.2, 0.25) is 0 Å². The molecule has 1 aliphatic heterocycles. The molecule has 1 aromatic heterocycles. The number of carbonyl (C=O) groups excluding carboxylic acids is 3. The lowest BCUT2D eigenvalue weighted by Gasteiger charge is -2.12. The molecule has 3 amide bonds. The second-order valence-electron chi connectivity index (χ2n) is 4.58. The first-order valence-corrected chi connectivity index (χ1v) is 7.40. The molecule has 1 saturated heterocycles. The zero-order valence-electron chi connectivity index (χ0n) is 11.7. The van der Waals surface area contributed by atoms with E-state index in [2.05, 4.69) is 15.6 Å². The fourth-order valence-electron chi connectivity index (χ4n) is 1.92. The summed E-state index contributed by atoms with van der Waals surface area (Å²) in [6.07, 6.45) is 4.21. The molecule has 0 unspecified atom stereocenters. The van der Waals surface area contributed by atoms with E-state index in [9.17, 15) is 14.4 Å². The van der Waals surface area contributed by atoms with Crippen LogP contribution in [0.1, 0.15) is 5.56 Å². The van der Waals surface area contributed by atoms with Crippen LogP contribution in [0.4, 0.5) is 4.79 Å². The van der Waals surface area contributed by atoms with Crippen molar-refractivity contribution in [2.24, 2.45) is 0 Å². The average molecular weight is 329 g/mol. The first-order chi connectivity index (χ1) is 11.1. The van der Waals surface area contributed by atoms with Gasteiger partial charge in [-0.25, -0.2) is 4.68 Å². The van der Waals surface area contributed by atoms with E-state index >= 15 is 0 Å². The third-order valence-electron chi connectivity index (χ3n) is 2.95. The Morgan fingerprint density at radius 2 is 1.87 bits per heavy atom. The largest absolute Gasteiger partial charge is 0.294 e. The molecule has 3 rings (SSSR count). The summed E-state index contributed by atoms with van der Waals surface area (Å²) in [5.74, 6) is -1.00. The first kappa shape index (κ1) is 15.0. The van der Waals surface area contributed by atoms with Crippen molar-refractivity contribution in [3.63, 3.8) is 0 Å². The maximum atomic E-state index is 12.3. The van der Waals surface area contributed by atoms with Gasteiger partial charge in [0.15, 0.2) is 0 Å². The number of carbonyl (C=O) groups is 3. The van der Waals surface area contributed by atoms with Gasteiger partial charge in [0.1, 0.15) is 19.2 Å². The second kappa shape index (κ2) is 6.44. The number of hydrogen-bond acceptors (Lipinski definition) is 6. The molecule has 116 valence electrons. The van der Waals surface area contributed by atoms with Crippen LogP contribution in [0.2, 0.25) is 0 Å². The molecule has 1 aromatic carbocycles. The summed E-state index contributed by atoms with van der Waals surface area (Å²) in [5, 5.41) is 6.59. The highest BCUT2D eigenvalue weighted by atomic mass is 32.2. The fourth-order valence-corrected chi connectivity index (χ4v) is 2.76. The lowest BCUT2D eigenvalue weighted by atomic mass is 10.2. The zero-order valence-corrected chi connectivity index (χ0v) is 12.6. The van der Waals surface area contributed by atoms with Crippen LogP contribution in [0.25, 0.3) is 6.08 Å². The van der Waals surface area contributed by atoms with Gasteiger partial charge in [0, 0.05) is 0 Å². The molecule has 0 atom stereocenters. The minimum atomic E-state index is -0.520. The van der Waals surface area contributed by atoms with Gasteiger partial charge in [-0.3, -0.25) is 24.7 Å². The van der Waals surface area contributed by atoms with Gasteiger partial charge in [-0.15, -0.1) is 10.2 Å². The van der Waals surface area contributed by atoms with Crippen LogP contribution in [0.15, 0.2) is 47.9 Å². The van der Waals surface area contributed by atoms with Crippen LogP contribution < -0.4 is 5.43 Å². The fraction of sp³-hybridized carbons (Fsp3) is 0.0714. The Hall–Kier alpha value is -2.94. The Labute approximate surface area is 135 Å². The van der Waals surface area contributed by atoms with E-state index in [1.54, 1.807) is 6.08 Å². The minimum Gasteiger partial charge on any atom is -0.271 e. The summed E-state index contributed by atoms with van der Waals surface area (Å²) in [7, 11) is 0. The third-order valence-corrected chi connectivity index (χ3v) is 3.85. The summed E-state index contributed by atoms with van der Waals surface area (Å²) in [6, 6.07) is 9.18. The molecule has 23 heavy (non-hydrogen) atoms. The van der Waals surface area contributed by atoms with Crippen molar-refractivity contribution >= 4 is 34.9 Å². The summed E-state index contributed by atoms with van der Waals surface area (Å²) >= 11 is 0.814. The van der Waals surface area contributed by atoms with Crippen molar-refractivity contribution in [3.8, 4) is 0 Å². The van der Waals surface area contributed by atoms with Gasteiger partial charge >= 0.3 is 0 Å².